The molecule has 118 valence electrons. The second kappa shape index (κ2) is 4.42. The molecule has 0 radical (unpaired) electrons. The lowest BCUT2D eigenvalue weighted by molar-refractivity contribution is -0.123. The molecular weight excluding hydrogens is 300 g/mol. The third kappa shape index (κ3) is 1.38. The van der Waals surface area contributed by atoms with Gasteiger partial charge in [-0.25, -0.2) is 0 Å². The summed E-state index contributed by atoms with van der Waals surface area (Å²) >= 11 is 0. The van der Waals surface area contributed by atoms with Crippen LogP contribution in [0.15, 0.2) is 54.6 Å². The largest absolute Gasteiger partial charge is 0.324 e. The Morgan fingerprint density at radius 3 is 2.67 bits per heavy atom. The van der Waals surface area contributed by atoms with E-state index in [0.717, 1.165) is 16.8 Å². The molecule has 2 atom stereocenters. The van der Waals surface area contributed by atoms with E-state index in [9.17, 15) is 9.59 Å². The van der Waals surface area contributed by atoms with E-state index >= 15 is 0 Å². The number of carbonyl (C=O) groups excluding carboxylic acids is 2. The van der Waals surface area contributed by atoms with Crippen LogP contribution in [0.4, 0.5) is 5.69 Å². The molecule has 3 aliphatic rings. The van der Waals surface area contributed by atoms with Crippen molar-refractivity contribution in [2.24, 2.45) is 5.41 Å². The van der Waals surface area contributed by atoms with Crippen molar-refractivity contribution in [1.29, 1.82) is 0 Å². The zero-order chi connectivity index (χ0) is 16.4. The Hall–Kier alpha value is -2.72. The number of fused-ring (bicyclic) bond motifs is 4. The average molecular weight is 316 g/mol. The Labute approximate surface area is 139 Å². The van der Waals surface area contributed by atoms with Crippen LogP contribution in [0.2, 0.25) is 0 Å². The zero-order valence-electron chi connectivity index (χ0n) is 13.0. The van der Waals surface area contributed by atoms with Crippen LogP contribution in [0.25, 0.3) is 6.08 Å². The molecule has 1 saturated heterocycles. The summed E-state index contributed by atoms with van der Waals surface area (Å²) in [6.45, 7) is 0.625. The SMILES string of the molecule is O=C1c2ccccc2C=CC12CCNC21C(=O)Nc2ccccc21. The minimum atomic E-state index is -1.02. The van der Waals surface area contributed by atoms with Gasteiger partial charge < -0.3 is 5.32 Å². The normalized spacial score (nSPS) is 29.8. The molecule has 0 aromatic heterocycles. The summed E-state index contributed by atoms with van der Waals surface area (Å²) < 4.78 is 0. The lowest BCUT2D eigenvalue weighted by atomic mass is 9.61. The summed E-state index contributed by atoms with van der Waals surface area (Å²) in [5, 5.41) is 6.33. The number of benzene rings is 2. The summed E-state index contributed by atoms with van der Waals surface area (Å²) in [5.74, 6) is -0.115. The number of hydrogen-bond donors (Lipinski definition) is 2. The van der Waals surface area contributed by atoms with Gasteiger partial charge in [0.1, 0.15) is 5.54 Å². The van der Waals surface area contributed by atoms with Gasteiger partial charge in [-0.15, -0.1) is 0 Å². The van der Waals surface area contributed by atoms with Gasteiger partial charge in [0, 0.05) is 16.8 Å². The molecule has 2 heterocycles. The number of carbonyl (C=O) groups is 2. The van der Waals surface area contributed by atoms with Crippen LogP contribution >= 0.6 is 0 Å². The van der Waals surface area contributed by atoms with Crippen molar-refractivity contribution in [1.82, 2.24) is 5.32 Å². The Balaban J connectivity index is 1.78. The van der Waals surface area contributed by atoms with Crippen molar-refractivity contribution in [3.8, 4) is 0 Å². The quantitative estimate of drug-likeness (QED) is 0.786. The first-order valence-corrected chi connectivity index (χ1v) is 8.18. The van der Waals surface area contributed by atoms with Gasteiger partial charge in [-0.05, 0) is 24.6 Å². The summed E-state index contributed by atoms with van der Waals surface area (Å²) in [6.07, 6.45) is 4.54. The van der Waals surface area contributed by atoms with Gasteiger partial charge in [-0.3, -0.25) is 14.9 Å². The van der Waals surface area contributed by atoms with E-state index in [-0.39, 0.29) is 11.7 Å². The number of nitrogens with one attached hydrogen (secondary N) is 2. The highest BCUT2D eigenvalue weighted by atomic mass is 16.2. The summed E-state index contributed by atoms with van der Waals surface area (Å²) in [5.41, 5.74) is 1.37. The van der Waals surface area contributed by atoms with Gasteiger partial charge in [0.2, 0.25) is 0 Å². The summed E-state index contributed by atoms with van der Waals surface area (Å²) in [7, 11) is 0. The molecule has 1 aliphatic carbocycles. The molecule has 0 bridgehead atoms. The lowest BCUT2D eigenvalue weighted by Gasteiger charge is -2.40. The second-order valence-electron chi connectivity index (χ2n) is 6.65. The van der Waals surface area contributed by atoms with Crippen molar-refractivity contribution >= 4 is 23.5 Å². The topological polar surface area (TPSA) is 58.2 Å². The van der Waals surface area contributed by atoms with Gasteiger partial charge in [0.15, 0.2) is 5.78 Å². The van der Waals surface area contributed by atoms with Crippen molar-refractivity contribution in [3.63, 3.8) is 0 Å². The highest BCUT2D eigenvalue weighted by Gasteiger charge is 2.66. The van der Waals surface area contributed by atoms with Gasteiger partial charge in [0.05, 0.1) is 5.41 Å². The molecule has 1 amide bonds. The number of rotatable bonds is 0. The average Bonchev–Trinajstić information content (AvgIpc) is 3.13. The van der Waals surface area contributed by atoms with Crippen LogP contribution < -0.4 is 10.6 Å². The van der Waals surface area contributed by atoms with Crippen molar-refractivity contribution < 1.29 is 9.59 Å². The fourth-order valence-corrected chi connectivity index (χ4v) is 4.56. The molecule has 2 aliphatic heterocycles. The maximum atomic E-state index is 13.5. The van der Waals surface area contributed by atoms with E-state index in [1.165, 1.54) is 0 Å². The Morgan fingerprint density at radius 2 is 1.75 bits per heavy atom. The molecule has 1 fully saturated rings. The highest BCUT2D eigenvalue weighted by Crippen LogP contribution is 2.56. The van der Waals surface area contributed by atoms with Crippen LogP contribution in [0.5, 0.6) is 0 Å². The maximum Gasteiger partial charge on any atom is 0.250 e. The molecule has 2 spiro atoms. The number of anilines is 1. The van der Waals surface area contributed by atoms with Gasteiger partial charge in [0.25, 0.3) is 5.91 Å². The molecule has 2 aromatic rings. The molecule has 4 heteroatoms. The summed E-state index contributed by atoms with van der Waals surface area (Å²) in [6, 6.07) is 15.2. The monoisotopic (exact) mass is 316 g/mol. The molecule has 4 nitrogen and oxygen atoms in total. The minimum absolute atomic E-state index is 0.0254. The Kier molecular flexibility index (Phi) is 2.52. The molecule has 0 saturated carbocycles. The third-order valence-electron chi connectivity index (χ3n) is 5.66. The second-order valence-corrected chi connectivity index (χ2v) is 6.65. The van der Waals surface area contributed by atoms with E-state index in [1.54, 1.807) is 0 Å². The number of hydrogen-bond acceptors (Lipinski definition) is 3. The van der Waals surface area contributed by atoms with E-state index in [1.807, 2.05) is 60.7 Å². The number of Topliss-reactive ketones (excluding diaryl/α,β-unsaturated/α-hetero) is 1. The number of ketones is 1. The first-order valence-electron chi connectivity index (χ1n) is 8.18. The first-order chi connectivity index (χ1) is 11.7. The predicted octanol–water partition coefficient (Wildman–Crippen LogP) is 2.72. The van der Waals surface area contributed by atoms with Gasteiger partial charge >= 0.3 is 0 Å². The highest BCUT2D eigenvalue weighted by molar-refractivity contribution is 6.16. The standard InChI is InChI=1S/C20H16N2O2/c23-17-14-6-2-1-5-13(14)9-10-19(17)11-12-21-20(19)15-7-3-4-8-16(15)22-18(20)24/h1-10,21H,11-12H2,(H,22,24). The van der Waals surface area contributed by atoms with Crippen molar-refractivity contribution in [2.45, 2.75) is 12.0 Å². The molecule has 2 N–H and O–H groups in total. The van der Waals surface area contributed by atoms with Crippen LogP contribution in [0, 0.1) is 5.41 Å². The molecule has 2 unspecified atom stereocenters. The van der Waals surface area contributed by atoms with E-state index in [4.69, 9.17) is 0 Å². The van der Waals surface area contributed by atoms with Gasteiger partial charge in [-0.1, -0.05) is 54.6 Å². The number of para-hydroxylation sites is 1. The molecule has 2 aromatic carbocycles. The van der Waals surface area contributed by atoms with Crippen LogP contribution in [0.3, 0.4) is 0 Å². The van der Waals surface area contributed by atoms with E-state index < -0.39 is 11.0 Å². The third-order valence-corrected chi connectivity index (χ3v) is 5.66. The molecular formula is C20H16N2O2. The van der Waals surface area contributed by atoms with E-state index in [0.29, 0.717) is 18.5 Å². The zero-order valence-corrected chi connectivity index (χ0v) is 13.0. The van der Waals surface area contributed by atoms with Crippen LogP contribution in [0.1, 0.15) is 27.9 Å². The fraction of sp³-hybridized carbons (Fsp3) is 0.200. The van der Waals surface area contributed by atoms with Gasteiger partial charge in [-0.2, -0.15) is 0 Å². The lowest BCUT2D eigenvalue weighted by Crippen LogP contribution is -2.57. The fourth-order valence-electron chi connectivity index (χ4n) is 4.56. The smallest absolute Gasteiger partial charge is 0.250 e. The Bertz CT molecular complexity index is 933. The molecule has 5 rings (SSSR count). The first kappa shape index (κ1) is 13.7. The minimum Gasteiger partial charge on any atom is -0.324 e. The summed E-state index contributed by atoms with van der Waals surface area (Å²) in [4.78, 5) is 26.5. The van der Waals surface area contributed by atoms with Crippen LogP contribution in [-0.2, 0) is 10.3 Å². The predicted molar refractivity (Wildman–Crippen MR) is 91.6 cm³/mol. The Morgan fingerprint density at radius 1 is 0.958 bits per heavy atom. The molecule has 24 heavy (non-hydrogen) atoms. The van der Waals surface area contributed by atoms with Crippen LogP contribution in [-0.4, -0.2) is 18.2 Å². The van der Waals surface area contributed by atoms with E-state index in [2.05, 4.69) is 10.6 Å². The van der Waals surface area contributed by atoms with Crippen molar-refractivity contribution in [3.05, 3.63) is 71.3 Å². The van der Waals surface area contributed by atoms with Crippen molar-refractivity contribution in [2.75, 3.05) is 11.9 Å². The maximum absolute atomic E-state index is 13.5. The number of amides is 1.